The highest BCUT2D eigenvalue weighted by molar-refractivity contribution is 5.50. The molecule has 0 fully saturated rings. The van der Waals surface area contributed by atoms with Crippen LogP contribution in [0.25, 0.3) is 6.08 Å². The standard InChI is InChI=1S/C15H21FO/c16-15(11-7-2-1-3-8-12-17)13-14-9-5-4-6-10-14/h4-6,9-10,13,17H,1-3,7-8,11-12H2/b15-13-. The highest BCUT2D eigenvalue weighted by atomic mass is 19.1. The Kier molecular flexibility index (Phi) is 7.32. The Labute approximate surface area is 103 Å². The smallest absolute Gasteiger partial charge is 0.101 e. The zero-order valence-electron chi connectivity index (χ0n) is 10.2. The molecule has 1 aromatic rings. The second-order valence-electron chi connectivity index (χ2n) is 4.24. The van der Waals surface area contributed by atoms with Gasteiger partial charge < -0.3 is 5.11 Å². The highest BCUT2D eigenvalue weighted by Gasteiger charge is 1.96. The molecule has 1 nitrogen and oxygen atoms in total. The largest absolute Gasteiger partial charge is 0.396 e. The number of unbranched alkanes of at least 4 members (excludes halogenated alkanes) is 4. The van der Waals surface area contributed by atoms with Crippen molar-refractivity contribution in [1.82, 2.24) is 0 Å². The molecule has 0 unspecified atom stereocenters. The van der Waals surface area contributed by atoms with Crippen LogP contribution in [0.2, 0.25) is 0 Å². The molecular formula is C15H21FO. The number of rotatable bonds is 8. The van der Waals surface area contributed by atoms with E-state index in [-0.39, 0.29) is 12.4 Å². The van der Waals surface area contributed by atoms with Crippen LogP contribution in [0.15, 0.2) is 36.2 Å². The molecule has 1 rings (SSSR count). The van der Waals surface area contributed by atoms with E-state index in [1.807, 2.05) is 30.3 Å². The molecule has 17 heavy (non-hydrogen) atoms. The first kappa shape index (κ1) is 13.9. The average molecular weight is 236 g/mol. The molecule has 0 saturated carbocycles. The summed E-state index contributed by atoms with van der Waals surface area (Å²) >= 11 is 0. The summed E-state index contributed by atoms with van der Waals surface area (Å²) in [4.78, 5) is 0. The van der Waals surface area contributed by atoms with Crippen molar-refractivity contribution < 1.29 is 9.50 Å². The zero-order chi connectivity index (χ0) is 12.3. The fourth-order valence-corrected chi connectivity index (χ4v) is 1.74. The van der Waals surface area contributed by atoms with Crippen molar-refractivity contribution in [2.45, 2.75) is 38.5 Å². The van der Waals surface area contributed by atoms with Gasteiger partial charge in [0.15, 0.2) is 0 Å². The molecule has 0 aliphatic heterocycles. The first-order chi connectivity index (χ1) is 8.33. The lowest BCUT2D eigenvalue weighted by molar-refractivity contribution is 0.282. The Morgan fingerprint density at radius 1 is 1.00 bits per heavy atom. The third kappa shape index (κ3) is 6.90. The third-order valence-electron chi connectivity index (χ3n) is 2.70. The first-order valence-corrected chi connectivity index (χ1v) is 6.35. The van der Waals surface area contributed by atoms with Gasteiger partial charge in [-0.2, -0.15) is 0 Å². The summed E-state index contributed by atoms with van der Waals surface area (Å²) in [7, 11) is 0. The lowest BCUT2D eigenvalue weighted by Gasteiger charge is -2.00. The molecule has 0 spiro atoms. The highest BCUT2D eigenvalue weighted by Crippen LogP contribution is 2.15. The van der Waals surface area contributed by atoms with Gasteiger partial charge in [-0.15, -0.1) is 0 Å². The van der Waals surface area contributed by atoms with Gasteiger partial charge in [0.25, 0.3) is 0 Å². The molecule has 0 heterocycles. The average Bonchev–Trinajstić information content (AvgIpc) is 2.35. The van der Waals surface area contributed by atoms with Crippen molar-refractivity contribution in [3.05, 3.63) is 41.7 Å². The maximum absolute atomic E-state index is 13.5. The summed E-state index contributed by atoms with van der Waals surface area (Å²) in [5.74, 6) is -0.0432. The van der Waals surface area contributed by atoms with Crippen molar-refractivity contribution in [3.8, 4) is 0 Å². The minimum atomic E-state index is -0.0432. The second kappa shape index (κ2) is 8.94. The van der Waals surface area contributed by atoms with E-state index < -0.39 is 0 Å². The number of aliphatic hydroxyl groups is 1. The minimum Gasteiger partial charge on any atom is -0.396 e. The Balaban J connectivity index is 2.17. The molecule has 0 amide bonds. The SMILES string of the molecule is OCCCCCCC/C(F)=C/c1ccccc1. The van der Waals surface area contributed by atoms with Crippen molar-refractivity contribution in [2.75, 3.05) is 6.61 Å². The van der Waals surface area contributed by atoms with Crippen LogP contribution in [0.3, 0.4) is 0 Å². The fourth-order valence-electron chi connectivity index (χ4n) is 1.74. The predicted molar refractivity (Wildman–Crippen MR) is 70.3 cm³/mol. The van der Waals surface area contributed by atoms with Crippen LogP contribution < -0.4 is 0 Å². The lowest BCUT2D eigenvalue weighted by Crippen LogP contribution is -1.84. The van der Waals surface area contributed by atoms with E-state index in [2.05, 4.69) is 0 Å². The zero-order valence-corrected chi connectivity index (χ0v) is 10.2. The molecule has 0 aliphatic carbocycles. The van der Waals surface area contributed by atoms with Crippen molar-refractivity contribution >= 4 is 6.08 Å². The molecule has 0 radical (unpaired) electrons. The molecule has 1 N–H and O–H groups in total. The second-order valence-corrected chi connectivity index (χ2v) is 4.24. The molecule has 1 aromatic carbocycles. The number of halogens is 1. The molecule has 0 atom stereocenters. The summed E-state index contributed by atoms with van der Waals surface area (Å²) in [6, 6.07) is 9.56. The third-order valence-corrected chi connectivity index (χ3v) is 2.70. The fraction of sp³-hybridized carbons (Fsp3) is 0.467. The van der Waals surface area contributed by atoms with Crippen LogP contribution in [0, 0.1) is 0 Å². The number of hydrogen-bond acceptors (Lipinski definition) is 1. The van der Waals surface area contributed by atoms with Crippen molar-refractivity contribution in [2.24, 2.45) is 0 Å². The first-order valence-electron chi connectivity index (χ1n) is 6.35. The monoisotopic (exact) mass is 236 g/mol. The predicted octanol–water partition coefficient (Wildman–Crippen LogP) is 4.33. The quantitative estimate of drug-likeness (QED) is 0.666. The van der Waals surface area contributed by atoms with Gasteiger partial charge in [-0.25, -0.2) is 4.39 Å². The summed E-state index contributed by atoms with van der Waals surface area (Å²) < 4.78 is 13.5. The Morgan fingerprint density at radius 2 is 1.65 bits per heavy atom. The molecule has 94 valence electrons. The van der Waals surface area contributed by atoms with E-state index in [4.69, 9.17) is 5.11 Å². The van der Waals surface area contributed by atoms with Gasteiger partial charge in [0.1, 0.15) is 5.83 Å². The van der Waals surface area contributed by atoms with Gasteiger partial charge in [-0.05, 0) is 30.9 Å². The van der Waals surface area contributed by atoms with Gasteiger partial charge >= 0.3 is 0 Å². The van der Waals surface area contributed by atoms with Gasteiger partial charge in [0.2, 0.25) is 0 Å². The Bertz CT molecular complexity index is 319. The number of hydrogen-bond donors (Lipinski definition) is 1. The molecule has 0 aromatic heterocycles. The maximum atomic E-state index is 13.5. The van der Waals surface area contributed by atoms with Crippen molar-refractivity contribution in [1.29, 1.82) is 0 Å². The molecule has 2 heteroatoms. The number of aliphatic hydroxyl groups excluding tert-OH is 1. The molecular weight excluding hydrogens is 215 g/mol. The van der Waals surface area contributed by atoms with E-state index in [1.54, 1.807) is 6.08 Å². The maximum Gasteiger partial charge on any atom is 0.101 e. The van der Waals surface area contributed by atoms with Crippen LogP contribution in [-0.2, 0) is 0 Å². The number of benzene rings is 1. The van der Waals surface area contributed by atoms with Crippen LogP contribution in [0.5, 0.6) is 0 Å². The van der Waals surface area contributed by atoms with Crippen molar-refractivity contribution in [3.63, 3.8) is 0 Å². The van der Waals surface area contributed by atoms with Crippen LogP contribution in [0.4, 0.5) is 4.39 Å². The van der Waals surface area contributed by atoms with Crippen LogP contribution in [-0.4, -0.2) is 11.7 Å². The summed E-state index contributed by atoms with van der Waals surface area (Å²) in [6.07, 6.45) is 7.04. The lowest BCUT2D eigenvalue weighted by atomic mass is 10.1. The van der Waals surface area contributed by atoms with Gasteiger partial charge in [0, 0.05) is 6.61 Å². The summed E-state index contributed by atoms with van der Waals surface area (Å²) in [5, 5.41) is 8.61. The molecule has 0 bridgehead atoms. The van der Waals surface area contributed by atoms with Gasteiger partial charge in [-0.3, -0.25) is 0 Å². The van der Waals surface area contributed by atoms with Crippen LogP contribution >= 0.6 is 0 Å². The Hall–Kier alpha value is -1.15. The van der Waals surface area contributed by atoms with E-state index >= 15 is 0 Å². The van der Waals surface area contributed by atoms with E-state index in [9.17, 15) is 4.39 Å². The minimum absolute atomic E-state index is 0.0432. The molecule has 0 saturated heterocycles. The van der Waals surface area contributed by atoms with E-state index in [1.165, 1.54) is 0 Å². The normalized spacial score (nSPS) is 11.8. The summed E-state index contributed by atoms with van der Waals surface area (Å²) in [5.41, 5.74) is 0.922. The van der Waals surface area contributed by atoms with Gasteiger partial charge in [0.05, 0.1) is 0 Å². The van der Waals surface area contributed by atoms with E-state index in [0.717, 1.165) is 37.7 Å². The van der Waals surface area contributed by atoms with Crippen LogP contribution in [0.1, 0.15) is 44.1 Å². The summed E-state index contributed by atoms with van der Waals surface area (Å²) in [6.45, 7) is 0.266. The number of allylic oxidation sites excluding steroid dienone is 1. The topological polar surface area (TPSA) is 20.2 Å². The van der Waals surface area contributed by atoms with Gasteiger partial charge in [-0.1, -0.05) is 49.6 Å². The van der Waals surface area contributed by atoms with E-state index in [0.29, 0.717) is 6.42 Å². The molecule has 0 aliphatic rings. The Morgan fingerprint density at radius 3 is 2.35 bits per heavy atom.